The summed E-state index contributed by atoms with van der Waals surface area (Å²) < 4.78 is 5.00. The van der Waals surface area contributed by atoms with E-state index in [1.54, 1.807) is 19.2 Å². The second kappa shape index (κ2) is 7.75. The van der Waals surface area contributed by atoms with E-state index in [1.807, 2.05) is 13.1 Å². The number of nitrogen functional groups attached to an aromatic ring is 1. The zero-order valence-corrected chi connectivity index (χ0v) is 10.8. The Hall–Kier alpha value is -1.50. The molecular formula is C12H20N4O2. The van der Waals surface area contributed by atoms with Crippen LogP contribution in [0.1, 0.15) is 22.6 Å². The number of amides is 1. The molecule has 1 heterocycles. The predicted octanol–water partition coefficient (Wildman–Crippen LogP) is 0.153. The van der Waals surface area contributed by atoms with E-state index >= 15 is 0 Å². The second-order valence-corrected chi connectivity index (χ2v) is 4.07. The molecule has 0 fully saturated rings. The third-order valence-corrected chi connectivity index (χ3v) is 2.49. The molecule has 100 valence electrons. The summed E-state index contributed by atoms with van der Waals surface area (Å²) in [7, 11) is 3.70. The molecule has 1 aromatic heterocycles. The predicted molar refractivity (Wildman–Crippen MR) is 68.7 cm³/mol. The SMILES string of the molecule is COCCCN(C)Cc1cccc(C(=O)NN)n1. The van der Waals surface area contributed by atoms with Gasteiger partial charge in [-0.2, -0.15) is 0 Å². The summed E-state index contributed by atoms with van der Waals surface area (Å²) in [5.74, 6) is 4.70. The topological polar surface area (TPSA) is 80.5 Å². The molecule has 0 radical (unpaired) electrons. The van der Waals surface area contributed by atoms with Gasteiger partial charge in [-0.25, -0.2) is 10.8 Å². The second-order valence-electron chi connectivity index (χ2n) is 4.07. The number of hydrogen-bond donors (Lipinski definition) is 2. The van der Waals surface area contributed by atoms with Gasteiger partial charge in [-0.3, -0.25) is 10.2 Å². The van der Waals surface area contributed by atoms with Crippen LogP contribution in [-0.2, 0) is 11.3 Å². The number of carbonyl (C=O) groups is 1. The summed E-state index contributed by atoms with van der Waals surface area (Å²) >= 11 is 0. The van der Waals surface area contributed by atoms with Gasteiger partial charge in [0, 0.05) is 26.8 Å². The number of methoxy groups -OCH3 is 1. The quantitative estimate of drug-likeness (QED) is 0.312. The largest absolute Gasteiger partial charge is 0.385 e. The highest BCUT2D eigenvalue weighted by molar-refractivity contribution is 5.91. The molecule has 0 atom stereocenters. The van der Waals surface area contributed by atoms with Crippen molar-refractivity contribution in [1.29, 1.82) is 0 Å². The minimum Gasteiger partial charge on any atom is -0.385 e. The first-order chi connectivity index (χ1) is 8.67. The molecule has 1 rings (SSSR count). The number of nitrogens with one attached hydrogen (secondary N) is 1. The summed E-state index contributed by atoms with van der Waals surface area (Å²) in [6, 6.07) is 5.33. The molecular weight excluding hydrogens is 232 g/mol. The third kappa shape index (κ3) is 4.79. The number of ether oxygens (including phenoxy) is 1. The van der Waals surface area contributed by atoms with Crippen LogP contribution in [0.3, 0.4) is 0 Å². The lowest BCUT2D eigenvalue weighted by Gasteiger charge is -2.16. The van der Waals surface area contributed by atoms with Gasteiger partial charge >= 0.3 is 0 Å². The monoisotopic (exact) mass is 252 g/mol. The molecule has 0 aliphatic heterocycles. The molecule has 0 saturated carbocycles. The van der Waals surface area contributed by atoms with Crippen LogP contribution in [0.2, 0.25) is 0 Å². The Morgan fingerprint density at radius 1 is 1.56 bits per heavy atom. The van der Waals surface area contributed by atoms with Crippen LogP contribution in [0, 0.1) is 0 Å². The first-order valence-electron chi connectivity index (χ1n) is 5.81. The van der Waals surface area contributed by atoms with E-state index in [2.05, 4.69) is 15.3 Å². The Bertz CT molecular complexity index is 384. The Morgan fingerprint density at radius 3 is 3.00 bits per heavy atom. The normalized spacial score (nSPS) is 10.7. The molecule has 3 N–H and O–H groups in total. The van der Waals surface area contributed by atoms with Gasteiger partial charge in [0.1, 0.15) is 5.69 Å². The Labute approximate surface area is 107 Å². The van der Waals surface area contributed by atoms with Gasteiger partial charge in [-0.1, -0.05) is 6.07 Å². The number of hydrazine groups is 1. The van der Waals surface area contributed by atoms with Gasteiger partial charge in [0.25, 0.3) is 5.91 Å². The van der Waals surface area contributed by atoms with Crippen molar-refractivity contribution in [3.63, 3.8) is 0 Å². The minimum atomic E-state index is -0.376. The zero-order valence-electron chi connectivity index (χ0n) is 10.8. The molecule has 0 aromatic carbocycles. The fourth-order valence-corrected chi connectivity index (χ4v) is 1.60. The Morgan fingerprint density at radius 2 is 2.33 bits per heavy atom. The van der Waals surface area contributed by atoms with Crippen molar-refractivity contribution in [2.24, 2.45) is 5.84 Å². The number of rotatable bonds is 7. The van der Waals surface area contributed by atoms with E-state index in [0.717, 1.165) is 25.3 Å². The molecule has 0 bridgehead atoms. The highest BCUT2D eigenvalue weighted by Gasteiger charge is 2.07. The number of hydrogen-bond acceptors (Lipinski definition) is 5. The molecule has 1 aromatic rings. The van der Waals surface area contributed by atoms with Crippen molar-refractivity contribution in [3.05, 3.63) is 29.6 Å². The van der Waals surface area contributed by atoms with E-state index in [-0.39, 0.29) is 5.91 Å². The van der Waals surface area contributed by atoms with Crippen molar-refractivity contribution in [2.45, 2.75) is 13.0 Å². The van der Waals surface area contributed by atoms with E-state index in [1.165, 1.54) is 0 Å². The van der Waals surface area contributed by atoms with Crippen LogP contribution in [0.4, 0.5) is 0 Å². The first-order valence-corrected chi connectivity index (χ1v) is 5.81. The van der Waals surface area contributed by atoms with Crippen LogP contribution in [0.15, 0.2) is 18.2 Å². The third-order valence-electron chi connectivity index (χ3n) is 2.49. The van der Waals surface area contributed by atoms with Gasteiger partial charge in [0.05, 0.1) is 5.69 Å². The lowest BCUT2D eigenvalue weighted by Crippen LogP contribution is -2.31. The molecule has 0 aliphatic carbocycles. The van der Waals surface area contributed by atoms with Crippen LogP contribution >= 0.6 is 0 Å². The summed E-state index contributed by atoms with van der Waals surface area (Å²) in [5, 5.41) is 0. The molecule has 6 nitrogen and oxygen atoms in total. The van der Waals surface area contributed by atoms with Crippen LogP contribution in [0.25, 0.3) is 0 Å². The molecule has 1 amide bonds. The summed E-state index contributed by atoms with van der Waals surface area (Å²) in [6.45, 7) is 2.35. The van der Waals surface area contributed by atoms with Crippen LogP contribution in [-0.4, -0.2) is 43.1 Å². The lowest BCUT2D eigenvalue weighted by molar-refractivity contribution is 0.0948. The molecule has 0 unspecified atom stereocenters. The summed E-state index contributed by atoms with van der Waals surface area (Å²) in [4.78, 5) is 17.7. The number of nitrogens with two attached hydrogens (primary N) is 1. The van der Waals surface area contributed by atoms with Gasteiger partial charge in [0.15, 0.2) is 0 Å². The fraction of sp³-hybridized carbons (Fsp3) is 0.500. The highest BCUT2D eigenvalue weighted by atomic mass is 16.5. The summed E-state index contributed by atoms with van der Waals surface area (Å²) in [5.41, 5.74) is 3.25. The van der Waals surface area contributed by atoms with Gasteiger partial charge < -0.3 is 9.64 Å². The van der Waals surface area contributed by atoms with Gasteiger partial charge in [-0.15, -0.1) is 0 Å². The van der Waals surface area contributed by atoms with E-state index in [9.17, 15) is 4.79 Å². The Kier molecular flexibility index (Phi) is 6.27. The number of aromatic nitrogens is 1. The smallest absolute Gasteiger partial charge is 0.283 e. The summed E-state index contributed by atoms with van der Waals surface area (Å²) in [6.07, 6.45) is 0.968. The fourth-order valence-electron chi connectivity index (χ4n) is 1.60. The molecule has 0 saturated heterocycles. The molecule has 0 aliphatic rings. The van der Waals surface area contributed by atoms with Crippen LogP contribution < -0.4 is 11.3 Å². The maximum atomic E-state index is 11.3. The lowest BCUT2D eigenvalue weighted by atomic mass is 10.2. The Balaban J connectivity index is 2.53. The maximum absolute atomic E-state index is 11.3. The standard InChI is InChI=1S/C12H20N4O2/c1-16(7-4-8-18-2)9-10-5-3-6-11(14-10)12(17)15-13/h3,5-6H,4,7-9,13H2,1-2H3,(H,15,17). The van der Waals surface area contributed by atoms with Crippen molar-refractivity contribution < 1.29 is 9.53 Å². The zero-order chi connectivity index (χ0) is 13.4. The molecule has 6 heteroatoms. The van der Waals surface area contributed by atoms with E-state index in [4.69, 9.17) is 10.6 Å². The van der Waals surface area contributed by atoms with Crippen molar-refractivity contribution in [2.75, 3.05) is 27.3 Å². The maximum Gasteiger partial charge on any atom is 0.283 e. The van der Waals surface area contributed by atoms with Crippen molar-refractivity contribution in [3.8, 4) is 0 Å². The number of carbonyl (C=O) groups excluding carboxylic acids is 1. The van der Waals surface area contributed by atoms with Crippen LogP contribution in [0.5, 0.6) is 0 Å². The van der Waals surface area contributed by atoms with Gasteiger partial charge in [-0.05, 0) is 25.6 Å². The highest BCUT2D eigenvalue weighted by Crippen LogP contribution is 2.03. The van der Waals surface area contributed by atoms with Crippen molar-refractivity contribution in [1.82, 2.24) is 15.3 Å². The average molecular weight is 252 g/mol. The van der Waals surface area contributed by atoms with E-state index in [0.29, 0.717) is 12.2 Å². The van der Waals surface area contributed by atoms with Gasteiger partial charge in [0.2, 0.25) is 0 Å². The molecule has 0 spiro atoms. The number of nitrogens with zero attached hydrogens (tertiary/aromatic N) is 2. The molecule has 18 heavy (non-hydrogen) atoms. The average Bonchev–Trinajstić information content (AvgIpc) is 2.38. The van der Waals surface area contributed by atoms with E-state index < -0.39 is 0 Å². The number of pyridine rings is 1. The minimum absolute atomic E-state index is 0.334. The first kappa shape index (κ1) is 14.6. The van der Waals surface area contributed by atoms with Crippen molar-refractivity contribution >= 4 is 5.91 Å².